The molecule has 0 atom stereocenters. The third-order valence-corrected chi connectivity index (χ3v) is 7.32. The topological polar surface area (TPSA) is 74.0 Å². The SMILES string of the molecule is Cn1c(=O)c(C#N)c(NC2CCC(N(CC3CC3)c3ccc(F)cc3)CC2)c2nc(Cl)ccc21. The Labute approximate surface area is 203 Å². The molecule has 2 aromatic heterocycles. The number of nitrogens with one attached hydrogen (secondary N) is 1. The molecular weight excluding hydrogens is 453 g/mol. The van der Waals surface area contributed by atoms with Gasteiger partial charge in [-0.2, -0.15) is 5.26 Å². The van der Waals surface area contributed by atoms with E-state index >= 15 is 0 Å². The maximum absolute atomic E-state index is 13.5. The monoisotopic (exact) mass is 479 g/mol. The molecule has 1 aromatic carbocycles. The Hall–Kier alpha value is -3.11. The van der Waals surface area contributed by atoms with Gasteiger partial charge in [-0.15, -0.1) is 0 Å². The minimum Gasteiger partial charge on any atom is -0.379 e. The third kappa shape index (κ3) is 4.47. The number of aryl methyl sites for hydroxylation is 1. The normalized spacial score (nSPS) is 20.2. The number of hydrogen-bond acceptors (Lipinski definition) is 5. The summed E-state index contributed by atoms with van der Waals surface area (Å²) in [6.07, 6.45) is 6.26. The number of pyridine rings is 2. The van der Waals surface area contributed by atoms with Crippen LogP contribution in [0, 0.1) is 23.1 Å². The summed E-state index contributed by atoms with van der Waals surface area (Å²) in [5.41, 5.74) is 2.44. The summed E-state index contributed by atoms with van der Waals surface area (Å²) in [6.45, 7) is 1.01. The van der Waals surface area contributed by atoms with Crippen LogP contribution in [0.2, 0.25) is 5.15 Å². The second kappa shape index (κ2) is 9.27. The molecule has 2 fully saturated rings. The Morgan fingerprint density at radius 3 is 2.50 bits per heavy atom. The second-order valence-electron chi connectivity index (χ2n) is 9.45. The highest BCUT2D eigenvalue weighted by Crippen LogP contribution is 2.36. The molecule has 5 rings (SSSR count). The summed E-state index contributed by atoms with van der Waals surface area (Å²) < 4.78 is 14.9. The van der Waals surface area contributed by atoms with Gasteiger partial charge in [0.15, 0.2) is 0 Å². The number of nitriles is 1. The summed E-state index contributed by atoms with van der Waals surface area (Å²) in [7, 11) is 1.64. The summed E-state index contributed by atoms with van der Waals surface area (Å²) in [5, 5.41) is 13.5. The van der Waals surface area contributed by atoms with Crippen LogP contribution in [0.1, 0.15) is 44.1 Å². The predicted octanol–water partition coefficient (Wildman–Crippen LogP) is 5.24. The van der Waals surface area contributed by atoms with E-state index in [9.17, 15) is 14.4 Å². The van der Waals surface area contributed by atoms with E-state index in [1.807, 2.05) is 12.1 Å². The molecule has 0 spiro atoms. The zero-order chi connectivity index (χ0) is 23.8. The van der Waals surface area contributed by atoms with Crippen molar-refractivity contribution in [2.24, 2.45) is 13.0 Å². The van der Waals surface area contributed by atoms with E-state index in [1.165, 1.54) is 29.5 Å². The summed E-state index contributed by atoms with van der Waals surface area (Å²) in [6, 6.07) is 12.8. The van der Waals surface area contributed by atoms with Gasteiger partial charge in [0.05, 0.1) is 11.2 Å². The molecule has 2 heterocycles. The van der Waals surface area contributed by atoms with Crippen LogP contribution in [0.5, 0.6) is 0 Å². The Balaban J connectivity index is 1.37. The Kier molecular flexibility index (Phi) is 6.18. The zero-order valence-electron chi connectivity index (χ0n) is 19.1. The van der Waals surface area contributed by atoms with E-state index in [-0.39, 0.29) is 23.0 Å². The van der Waals surface area contributed by atoms with Crippen LogP contribution in [0.3, 0.4) is 0 Å². The van der Waals surface area contributed by atoms with E-state index in [4.69, 9.17) is 11.6 Å². The first-order valence-corrected chi connectivity index (χ1v) is 12.2. The summed E-state index contributed by atoms with van der Waals surface area (Å²) in [5.74, 6) is 0.507. The van der Waals surface area contributed by atoms with Gasteiger partial charge in [-0.1, -0.05) is 11.6 Å². The number of benzene rings is 1. The maximum Gasteiger partial charge on any atom is 0.270 e. The Bertz CT molecular complexity index is 1300. The third-order valence-electron chi connectivity index (χ3n) is 7.11. The Morgan fingerprint density at radius 2 is 1.85 bits per heavy atom. The quantitative estimate of drug-likeness (QED) is 0.489. The lowest BCUT2D eigenvalue weighted by atomic mass is 9.89. The van der Waals surface area contributed by atoms with Gasteiger partial charge in [0, 0.05) is 31.4 Å². The van der Waals surface area contributed by atoms with Crippen LogP contribution >= 0.6 is 11.6 Å². The predicted molar refractivity (Wildman–Crippen MR) is 133 cm³/mol. The minimum absolute atomic E-state index is 0.0635. The molecular formula is C26H27ClFN5O. The molecule has 6 nitrogen and oxygen atoms in total. The molecule has 8 heteroatoms. The van der Waals surface area contributed by atoms with Crippen molar-refractivity contribution >= 4 is 34.0 Å². The minimum atomic E-state index is -0.345. The van der Waals surface area contributed by atoms with Crippen LogP contribution in [0.4, 0.5) is 15.8 Å². The number of nitrogens with zero attached hydrogens (tertiary/aromatic N) is 4. The lowest BCUT2D eigenvalue weighted by Crippen LogP contribution is -2.42. The molecule has 0 amide bonds. The summed E-state index contributed by atoms with van der Waals surface area (Å²) in [4.78, 5) is 19.7. The van der Waals surface area contributed by atoms with Crippen molar-refractivity contribution in [2.75, 3.05) is 16.8 Å². The van der Waals surface area contributed by atoms with E-state index in [0.717, 1.165) is 43.8 Å². The molecule has 2 aliphatic carbocycles. The van der Waals surface area contributed by atoms with Crippen LogP contribution in [0.25, 0.3) is 11.0 Å². The fourth-order valence-electron chi connectivity index (χ4n) is 5.04. The molecule has 0 aliphatic heterocycles. The fraction of sp³-hybridized carbons (Fsp3) is 0.423. The molecule has 34 heavy (non-hydrogen) atoms. The molecule has 0 unspecified atom stereocenters. The van der Waals surface area contributed by atoms with Crippen LogP contribution in [-0.2, 0) is 7.05 Å². The highest BCUT2D eigenvalue weighted by molar-refractivity contribution is 6.29. The lowest BCUT2D eigenvalue weighted by Gasteiger charge is -2.39. The highest BCUT2D eigenvalue weighted by atomic mass is 35.5. The fourth-order valence-corrected chi connectivity index (χ4v) is 5.19. The first kappa shape index (κ1) is 22.7. The number of fused-ring (bicyclic) bond motifs is 1. The lowest BCUT2D eigenvalue weighted by molar-refractivity contribution is 0.386. The molecule has 1 N–H and O–H groups in total. The van der Waals surface area contributed by atoms with Crippen molar-refractivity contribution in [3.8, 4) is 6.07 Å². The molecule has 2 saturated carbocycles. The van der Waals surface area contributed by atoms with E-state index < -0.39 is 0 Å². The zero-order valence-corrected chi connectivity index (χ0v) is 19.9. The molecule has 0 bridgehead atoms. The van der Waals surface area contributed by atoms with Gasteiger partial charge < -0.3 is 14.8 Å². The standard InChI is InChI=1S/C26H27ClFN5O/c1-32-22-12-13-23(27)31-25(22)24(21(14-29)26(32)34)30-18-6-10-20(11-7-18)33(15-16-2-3-16)19-8-4-17(28)5-9-19/h4-5,8-9,12-13,16,18,20,30H,2-3,6-7,10-11,15H2,1H3. The molecule has 0 radical (unpaired) electrons. The maximum atomic E-state index is 13.5. The van der Waals surface area contributed by atoms with Crippen molar-refractivity contribution < 1.29 is 4.39 Å². The van der Waals surface area contributed by atoms with Gasteiger partial charge in [-0.3, -0.25) is 4.79 Å². The molecule has 2 aliphatic rings. The van der Waals surface area contributed by atoms with Crippen molar-refractivity contribution in [1.82, 2.24) is 9.55 Å². The van der Waals surface area contributed by atoms with Crippen molar-refractivity contribution in [3.63, 3.8) is 0 Å². The molecule has 176 valence electrons. The highest BCUT2D eigenvalue weighted by Gasteiger charge is 2.32. The van der Waals surface area contributed by atoms with Crippen LogP contribution in [-0.4, -0.2) is 28.2 Å². The van der Waals surface area contributed by atoms with Crippen molar-refractivity contribution in [3.05, 3.63) is 63.3 Å². The van der Waals surface area contributed by atoms with Gasteiger partial charge in [0.1, 0.15) is 28.1 Å². The number of anilines is 2. The van der Waals surface area contributed by atoms with Crippen LogP contribution < -0.4 is 15.8 Å². The van der Waals surface area contributed by atoms with Gasteiger partial charge in [0.25, 0.3) is 5.56 Å². The number of hydrogen-bond donors (Lipinski definition) is 1. The average molecular weight is 480 g/mol. The molecule has 3 aromatic rings. The van der Waals surface area contributed by atoms with Gasteiger partial charge in [0.2, 0.25) is 0 Å². The van der Waals surface area contributed by atoms with Crippen molar-refractivity contribution in [1.29, 1.82) is 5.26 Å². The first-order chi connectivity index (χ1) is 16.4. The average Bonchev–Trinajstić information content (AvgIpc) is 3.67. The largest absolute Gasteiger partial charge is 0.379 e. The van der Waals surface area contributed by atoms with Gasteiger partial charge in [-0.05, 0) is 80.8 Å². The van der Waals surface area contributed by atoms with Gasteiger partial charge in [-0.25, -0.2) is 9.37 Å². The van der Waals surface area contributed by atoms with E-state index in [0.29, 0.717) is 27.9 Å². The number of rotatable bonds is 6. The van der Waals surface area contributed by atoms with Gasteiger partial charge >= 0.3 is 0 Å². The Morgan fingerprint density at radius 1 is 1.15 bits per heavy atom. The van der Waals surface area contributed by atoms with E-state index in [1.54, 1.807) is 19.2 Å². The molecule has 0 saturated heterocycles. The second-order valence-corrected chi connectivity index (χ2v) is 9.84. The van der Waals surface area contributed by atoms with Crippen LogP contribution in [0.15, 0.2) is 41.2 Å². The number of halogens is 2. The smallest absolute Gasteiger partial charge is 0.270 e. The van der Waals surface area contributed by atoms with E-state index in [2.05, 4.69) is 21.3 Å². The summed E-state index contributed by atoms with van der Waals surface area (Å²) >= 11 is 6.15. The number of aromatic nitrogens is 2. The van der Waals surface area contributed by atoms with Crippen molar-refractivity contribution in [2.45, 2.75) is 50.6 Å². The first-order valence-electron chi connectivity index (χ1n) is 11.8.